The van der Waals surface area contributed by atoms with E-state index in [1.54, 1.807) is 18.2 Å². The summed E-state index contributed by atoms with van der Waals surface area (Å²) in [5.74, 6) is -4.26. The third-order valence-corrected chi connectivity index (χ3v) is 4.24. The Morgan fingerprint density at radius 2 is 1.72 bits per heavy atom. The van der Waals surface area contributed by atoms with Gasteiger partial charge >= 0.3 is 5.97 Å². The number of anilines is 1. The fourth-order valence-corrected chi connectivity index (χ4v) is 3.11. The topological polar surface area (TPSA) is 92.7 Å². The number of ketones is 1. The molecule has 7 heteroatoms. The van der Waals surface area contributed by atoms with E-state index in [4.69, 9.17) is 4.74 Å². The summed E-state index contributed by atoms with van der Waals surface area (Å²) in [7, 11) is 0. The lowest BCUT2D eigenvalue weighted by molar-refractivity contribution is -0.157. The van der Waals surface area contributed by atoms with Crippen molar-refractivity contribution in [2.75, 3.05) is 5.32 Å². The average Bonchev–Trinajstić information content (AvgIpc) is 3.03. The van der Waals surface area contributed by atoms with E-state index >= 15 is 0 Å². The molecular weight excluding hydrogens is 329 g/mol. The van der Waals surface area contributed by atoms with Crippen LogP contribution in [0.25, 0.3) is 5.76 Å². The molecule has 1 atom stereocenters. The van der Waals surface area contributed by atoms with E-state index in [0.29, 0.717) is 5.69 Å². The molecule has 1 saturated heterocycles. The number of fused-ring (bicyclic) bond motifs is 2. The molecule has 1 fully saturated rings. The van der Waals surface area contributed by atoms with E-state index in [9.17, 15) is 23.9 Å². The summed E-state index contributed by atoms with van der Waals surface area (Å²) in [6.07, 6.45) is 0. The van der Waals surface area contributed by atoms with Crippen molar-refractivity contribution in [2.45, 2.75) is 5.60 Å². The molecule has 0 bridgehead atoms. The molecule has 2 heterocycles. The van der Waals surface area contributed by atoms with Gasteiger partial charge in [-0.3, -0.25) is 9.59 Å². The van der Waals surface area contributed by atoms with Crippen molar-refractivity contribution in [1.82, 2.24) is 0 Å². The maximum absolute atomic E-state index is 13.1. The predicted molar refractivity (Wildman–Crippen MR) is 83.8 cm³/mol. The molecule has 2 aliphatic heterocycles. The summed E-state index contributed by atoms with van der Waals surface area (Å²) >= 11 is 0. The van der Waals surface area contributed by atoms with Gasteiger partial charge in [-0.05, 0) is 30.3 Å². The molecule has 1 amide bonds. The Morgan fingerprint density at radius 1 is 1.04 bits per heavy atom. The summed E-state index contributed by atoms with van der Waals surface area (Å²) in [4.78, 5) is 36.9. The van der Waals surface area contributed by atoms with Crippen molar-refractivity contribution < 1.29 is 28.6 Å². The van der Waals surface area contributed by atoms with Crippen LogP contribution in [0.5, 0.6) is 0 Å². The molecule has 4 rings (SSSR count). The van der Waals surface area contributed by atoms with Crippen LogP contribution in [0.15, 0.2) is 54.1 Å². The van der Waals surface area contributed by atoms with Crippen LogP contribution in [0, 0.1) is 5.82 Å². The molecule has 6 nitrogen and oxygen atoms in total. The van der Waals surface area contributed by atoms with Crippen molar-refractivity contribution in [2.24, 2.45) is 0 Å². The Morgan fingerprint density at radius 3 is 2.44 bits per heavy atom. The predicted octanol–water partition coefficient (Wildman–Crippen LogP) is 2.07. The molecule has 2 N–H and O–H groups in total. The number of hydrogen-bond acceptors (Lipinski definition) is 5. The van der Waals surface area contributed by atoms with E-state index in [-0.39, 0.29) is 11.1 Å². The van der Waals surface area contributed by atoms with Gasteiger partial charge < -0.3 is 15.2 Å². The highest BCUT2D eigenvalue weighted by molar-refractivity contribution is 6.47. The third-order valence-electron chi connectivity index (χ3n) is 4.24. The lowest BCUT2D eigenvalue weighted by Gasteiger charge is -2.21. The van der Waals surface area contributed by atoms with Crippen LogP contribution >= 0.6 is 0 Å². The molecule has 2 aromatic rings. The smallest absolute Gasteiger partial charge is 0.381 e. The standard InChI is InChI=1S/C18H10FNO5/c19-10-7-5-9(6-8-10)14(21)13-15(22)16(23)25-18(13)11-3-1-2-4-12(11)20-17(18)24/h1-8,21H,(H,20,24)/t18-/m1/s1. The SMILES string of the molecule is O=C1O[C@@]2(C(=O)Nc3ccccc32)C(=C(O)c2ccc(F)cc2)C1=O. The minimum atomic E-state index is -2.05. The van der Waals surface area contributed by atoms with Crippen LogP contribution in [0.1, 0.15) is 11.1 Å². The van der Waals surface area contributed by atoms with Gasteiger partial charge in [-0.2, -0.15) is 0 Å². The van der Waals surface area contributed by atoms with E-state index in [1.807, 2.05) is 0 Å². The number of Topliss-reactive ketones (excluding diaryl/α,β-unsaturated/α-hetero) is 1. The molecule has 124 valence electrons. The quantitative estimate of drug-likeness (QED) is 0.359. The van der Waals surface area contributed by atoms with E-state index < -0.39 is 40.4 Å². The van der Waals surface area contributed by atoms with Crippen LogP contribution in [0.4, 0.5) is 10.1 Å². The van der Waals surface area contributed by atoms with Crippen LogP contribution in [-0.2, 0) is 24.7 Å². The lowest BCUT2D eigenvalue weighted by Crippen LogP contribution is -2.36. The highest BCUT2D eigenvalue weighted by Crippen LogP contribution is 2.49. The first kappa shape index (κ1) is 15.1. The molecular formula is C18H10FNO5. The normalized spacial score (nSPS) is 23.5. The Hall–Kier alpha value is -3.48. The van der Waals surface area contributed by atoms with Crippen molar-refractivity contribution in [3.8, 4) is 0 Å². The number of nitrogens with one attached hydrogen (secondary N) is 1. The fourth-order valence-electron chi connectivity index (χ4n) is 3.11. The Balaban J connectivity index is 2.01. The number of aliphatic hydroxyl groups excluding tert-OH is 1. The summed E-state index contributed by atoms with van der Waals surface area (Å²) < 4.78 is 18.3. The number of carbonyl (C=O) groups is 3. The molecule has 2 aliphatic rings. The Kier molecular flexibility index (Phi) is 3.02. The van der Waals surface area contributed by atoms with Gasteiger partial charge in [0.25, 0.3) is 17.3 Å². The molecule has 25 heavy (non-hydrogen) atoms. The lowest BCUT2D eigenvalue weighted by atomic mass is 9.85. The second-order valence-electron chi connectivity index (χ2n) is 5.63. The van der Waals surface area contributed by atoms with Gasteiger partial charge in [0.05, 0.1) is 0 Å². The van der Waals surface area contributed by atoms with E-state index in [2.05, 4.69) is 5.32 Å². The van der Waals surface area contributed by atoms with Crippen molar-refractivity contribution in [3.63, 3.8) is 0 Å². The second-order valence-corrected chi connectivity index (χ2v) is 5.63. The number of benzene rings is 2. The van der Waals surface area contributed by atoms with Crippen LogP contribution in [0.2, 0.25) is 0 Å². The van der Waals surface area contributed by atoms with Gasteiger partial charge in [-0.15, -0.1) is 0 Å². The maximum atomic E-state index is 13.1. The van der Waals surface area contributed by atoms with E-state index in [0.717, 1.165) is 12.1 Å². The largest absolute Gasteiger partial charge is 0.507 e. The second kappa shape index (κ2) is 5.01. The highest BCUT2D eigenvalue weighted by atomic mass is 19.1. The minimum absolute atomic E-state index is 0.0830. The van der Waals surface area contributed by atoms with Gasteiger partial charge in [-0.1, -0.05) is 18.2 Å². The number of halogens is 1. The zero-order chi connectivity index (χ0) is 17.8. The van der Waals surface area contributed by atoms with Gasteiger partial charge in [0.1, 0.15) is 17.1 Å². The van der Waals surface area contributed by atoms with Crippen LogP contribution < -0.4 is 5.32 Å². The maximum Gasteiger partial charge on any atom is 0.381 e. The molecule has 2 aromatic carbocycles. The van der Waals surface area contributed by atoms with Crippen molar-refractivity contribution in [1.29, 1.82) is 0 Å². The molecule has 0 radical (unpaired) electrons. The number of carbonyl (C=O) groups excluding carboxylic acids is 3. The van der Waals surface area contributed by atoms with Gasteiger partial charge in [0.2, 0.25) is 0 Å². The molecule has 0 unspecified atom stereocenters. The minimum Gasteiger partial charge on any atom is -0.507 e. The van der Waals surface area contributed by atoms with Crippen molar-refractivity contribution in [3.05, 3.63) is 71.0 Å². The number of para-hydroxylation sites is 1. The average molecular weight is 339 g/mol. The molecule has 0 saturated carbocycles. The number of amides is 1. The third kappa shape index (κ3) is 1.92. The monoisotopic (exact) mass is 339 g/mol. The van der Waals surface area contributed by atoms with Gasteiger partial charge in [0, 0.05) is 16.8 Å². The van der Waals surface area contributed by atoms with Crippen LogP contribution in [-0.4, -0.2) is 22.8 Å². The first-order valence-electron chi connectivity index (χ1n) is 7.33. The first-order chi connectivity index (χ1) is 11.9. The first-order valence-corrected chi connectivity index (χ1v) is 7.33. The Labute approximate surface area is 140 Å². The zero-order valence-corrected chi connectivity index (χ0v) is 12.6. The zero-order valence-electron chi connectivity index (χ0n) is 12.6. The Bertz CT molecular complexity index is 979. The fraction of sp³-hybridized carbons (Fsp3) is 0.0556. The number of rotatable bonds is 1. The summed E-state index contributed by atoms with van der Waals surface area (Å²) in [6.45, 7) is 0. The summed E-state index contributed by atoms with van der Waals surface area (Å²) in [5, 5.41) is 13.1. The number of esters is 1. The molecule has 0 aromatic heterocycles. The number of ether oxygens (including phenoxy) is 1. The van der Waals surface area contributed by atoms with E-state index in [1.165, 1.54) is 18.2 Å². The number of aliphatic hydroxyl groups is 1. The van der Waals surface area contributed by atoms with Gasteiger partial charge in [-0.25, -0.2) is 9.18 Å². The summed E-state index contributed by atoms with van der Waals surface area (Å²) in [5.41, 5.74) is -1.82. The van der Waals surface area contributed by atoms with Crippen LogP contribution in [0.3, 0.4) is 0 Å². The summed E-state index contributed by atoms with van der Waals surface area (Å²) in [6, 6.07) is 11.0. The highest BCUT2D eigenvalue weighted by Gasteiger charge is 2.63. The van der Waals surface area contributed by atoms with Gasteiger partial charge in [0.15, 0.2) is 0 Å². The van der Waals surface area contributed by atoms with Crippen molar-refractivity contribution >= 4 is 29.1 Å². The molecule has 0 aliphatic carbocycles. The number of hydrogen-bond donors (Lipinski definition) is 2. The molecule has 1 spiro atoms.